The molecule has 26 heavy (non-hydrogen) atoms. The molecule has 0 spiro atoms. The van der Waals surface area contributed by atoms with Crippen LogP contribution in [0.3, 0.4) is 0 Å². The molecule has 2 aromatic carbocycles. The van der Waals surface area contributed by atoms with Crippen LogP contribution in [0.15, 0.2) is 72.6 Å². The fourth-order valence-electron chi connectivity index (χ4n) is 2.38. The topological polar surface area (TPSA) is 70.7 Å². The second-order valence-electron chi connectivity index (χ2n) is 5.56. The van der Waals surface area contributed by atoms with E-state index in [9.17, 15) is 10.1 Å². The standard InChI is InChI=1S/C20H15ClN4O/c21-18-8-4-5-9-19(18)24-20(26)17(11-22)10-16-12-23-25(14-16)13-15-6-2-1-3-7-15/h1-10,12,14H,13H2,(H,24,26)/b17-10+. The number of carbonyl (C=O) groups excluding carboxylic acids is 1. The first-order valence-electron chi connectivity index (χ1n) is 7.90. The fraction of sp³-hybridized carbons (Fsp3) is 0.0500. The van der Waals surface area contributed by atoms with Gasteiger partial charge in [-0.1, -0.05) is 54.1 Å². The van der Waals surface area contributed by atoms with Crippen molar-refractivity contribution in [2.45, 2.75) is 6.54 Å². The normalized spacial score (nSPS) is 11.0. The molecule has 3 aromatic rings. The average Bonchev–Trinajstić information content (AvgIpc) is 3.09. The summed E-state index contributed by atoms with van der Waals surface area (Å²) < 4.78 is 1.75. The summed E-state index contributed by atoms with van der Waals surface area (Å²) in [5.74, 6) is -0.517. The minimum atomic E-state index is -0.517. The lowest BCUT2D eigenvalue weighted by Gasteiger charge is -2.05. The van der Waals surface area contributed by atoms with Crippen LogP contribution in [0.4, 0.5) is 5.69 Å². The van der Waals surface area contributed by atoms with Crippen molar-refractivity contribution in [3.8, 4) is 6.07 Å². The monoisotopic (exact) mass is 362 g/mol. The fourth-order valence-corrected chi connectivity index (χ4v) is 2.56. The molecule has 1 heterocycles. The van der Waals surface area contributed by atoms with E-state index in [2.05, 4.69) is 10.4 Å². The van der Waals surface area contributed by atoms with Crippen LogP contribution in [0.2, 0.25) is 5.02 Å². The lowest BCUT2D eigenvalue weighted by Crippen LogP contribution is -2.13. The van der Waals surface area contributed by atoms with Gasteiger partial charge >= 0.3 is 0 Å². The quantitative estimate of drug-likeness (QED) is 0.548. The molecule has 6 heteroatoms. The molecule has 0 aliphatic carbocycles. The van der Waals surface area contributed by atoms with Crippen molar-refractivity contribution >= 4 is 29.3 Å². The summed E-state index contributed by atoms with van der Waals surface area (Å²) in [4.78, 5) is 12.3. The van der Waals surface area contributed by atoms with E-state index in [1.165, 1.54) is 6.08 Å². The third kappa shape index (κ3) is 4.38. The van der Waals surface area contributed by atoms with Crippen LogP contribution in [0.1, 0.15) is 11.1 Å². The molecule has 128 valence electrons. The van der Waals surface area contributed by atoms with E-state index in [0.29, 0.717) is 22.8 Å². The van der Waals surface area contributed by atoms with Gasteiger partial charge in [0.2, 0.25) is 0 Å². The number of benzene rings is 2. The minimum absolute atomic E-state index is 0.0239. The van der Waals surface area contributed by atoms with Crippen LogP contribution in [-0.4, -0.2) is 15.7 Å². The van der Waals surface area contributed by atoms with Crippen LogP contribution in [-0.2, 0) is 11.3 Å². The Morgan fingerprint density at radius 1 is 1.19 bits per heavy atom. The van der Waals surface area contributed by atoms with Gasteiger partial charge < -0.3 is 5.32 Å². The van der Waals surface area contributed by atoms with E-state index in [1.54, 1.807) is 41.3 Å². The Hall–Kier alpha value is -3.36. The number of hydrogen-bond acceptors (Lipinski definition) is 3. The molecular formula is C20H15ClN4O. The highest BCUT2D eigenvalue weighted by atomic mass is 35.5. The number of rotatable bonds is 5. The molecule has 0 aliphatic heterocycles. The van der Waals surface area contributed by atoms with Crippen LogP contribution < -0.4 is 5.32 Å². The van der Waals surface area contributed by atoms with Crippen molar-refractivity contribution in [3.05, 3.63) is 88.7 Å². The van der Waals surface area contributed by atoms with Gasteiger partial charge in [0.05, 0.1) is 23.5 Å². The summed E-state index contributed by atoms with van der Waals surface area (Å²) in [5, 5.41) is 16.6. The highest BCUT2D eigenvalue weighted by molar-refractivity contribution is 6.34. The van der Waals surface area contributed by atoms with Crippen molar-refractivity contribution in [2.75, 3.05) is 5.32 Å². The summed E-state index contributed by atoms with van der Waals surface area (Å²) in [6, 6.07) is 18.7. The molecule has 1 aromatic heterocycles. The predicted octanol–water partition coefficient (Wildman–Crippen LogP) is 4.13. The van der Waals surface area contributed by atoms with Crippen molar-refractivity contribution < 1.29 is 4.79 Å². The number of anilines is 1. The van der Waals surface area contributed by atoms with E-state index in [1.807, 2.05) is 36.4 Å². The van der Waals surface area contributed by atoms with Gasteiger partial charge in [0.25, 0.3) is 5.91 Å². The van der Waals surface area contributed by atoms with Gasteiger partial charge in [-0.15, -0.1) is 0 Å². The molecule has 0 radical (unpaired) electrons. The number of carbonyl (C=O) groups is 1. The van der Waals surface area contributed by atoms with Crippen molar-refractivity contribution in [2.24, 2.45) is 0 Å². The predicted molar refractivity (Wildman–Crippen MR) is 101 cm³/mol. The molecule has 0 saturated heterocycles. The number of nitriles is 1. The number of aromatic nitrogens is 2. The van der Waals surface area contributed by atoms with Gasteiger partial charge in [0.15, 0.2) is 0 Å². The molecule has 0 atom stereocenters. The lowest BCUT2D eigenvalue weighted by molar-refractivity contribution is -0.112. The SMILES string of the molecule is N#C/C(=C\c1cnn(Cc2ccccc2)c1)C(=O)Nc1ccccc1Cl. The molecule has 0 fully saturated rings. The summed E-state index contributed by atoms with van der Waals surface area (Å²) >= 11 is 6.03. The van der Waals surface area contributed by atoms with E-state index < -0.39 is 5.91 Å². The van der Waals surface area contributed by atoms with E-state index >= 15 is 0 Å². The molecule has 1 N–H and O–H groups in total. The van der Waals surface area contributed by atoms with E-state index in [0.717, 1.165) is 5.56 Å². The van der Waals surface area contributed by atoms with Gasteiger partial charge in [-0.2, -0.15) is 10.4 Å². The summed E-state index contributed by atoms with van der Waals surface area (Å²) in [7, 11) is 0. The molecule has 0 saturated carbocycles. The Bertz CT molecular complexity index is 986. The Labute approximate surface area is 156 Å². The average molecular weight is 363 g/mol. The zero-order chi connectivity index (χ0) is 18.4. The first kappa shape index (κ1) is 17.5. The Kier molecular flexibility index (Phi) is 5.47. The molecule has 5 nitrogen and oxygen atoms in total. The number of hydrogen-bond donors (Lipinski definition) is 1. The maximum Gasteiger partial charge on any atom is 0.266 e. The van der Waals surface area contributed by atoms with Crippen molar-refractivity contribution in [3.63, 3.8) is 0 Å². The minimum Gasteiger partial charge on any atom is -0.320 e. The van der Waals surface area contributed by atoms with Gasteiger partial charge in [-0.05, 0) is 23.8 Å². The molecule has 1 amide bonds. The smallest absolute Gasteiger partial charge is 0.266 e. The second-order valence-corrected chi connectivity index (χ2v) is 5.97. The van der Waals surface area contributed by atoms with Crippen molar-refractivity contribution in [1.82, 2.24) is 9.78 Å². The Morgan fingerprint density at radius 3 is 2.65 bits per heavy atom. The molecule has 0 unspecified atom stereocenters. The van der Waals surface area contributed by atoms with Crippen LogP contribution >= 0.6 is 11.6 Å². The number of halogens is 1. The summed E-state index contributed by atoms with van der Waals surface area (Å²) in [5.41, 5.74) is 2.22. The molecule has 3 rings (SSSR count). The van der Waals surface area contributed by atoms with Gasteiger partial charge in [0.1, 0.15) is 11.6 Å². The largest absolute Gasteiger partial charge is 0.320 e. The van der Waals surface area contributed by atoms with Gasteiger partial charge in [0, 0.05) is 11.8 Å². The Balaban J connectivity index is 1.74. The third-order valence-electron chi connectivity index (χ3n) is 3.64. The van der Waals surface area contributed by atoms with E-state index in [-0.39, 0.29) is 5.57 Å². The third-order valence-corrected chi connectivity index (χ3v) is 3.97. The van der Waals surface area contributed by atoms with Crippen LogP contribution in [0, 0.1) is 11.3 Å². The molecule has 0 aliphatic rings. The number of nitrogens with zero attached hydrogens (tertiary/aromatic N) is 3. The zero-order valence-corrected chi connectivity index (χ0v) is 14.5. The second kappa shape index (κ2) is 8.15. The first-order valence-corrected chi connectivity index (χ1v) is 8.27. The van der Waals surface area contributed by atoms with Gasteiger partial charge in [-0.3, -0.25) is 9.48 Å². The highest BCUT2D eigenvalue weighted by Gasteiger charge is 2.11. The van der Waals surface area contributed by atoms with Crippen LogP contribution in [0.25, 0.3) is 6.08 Å². The lowest BCUT2D eigenvalue weighted by atomic mass is 10.2. The maximum atomic E-state index is 12.3. The number of nitrogens with one attached hydrogen (secondary N) is 1. The van der Waals surface area contributed by atoms with Crippen LogP contribution in [0.5, 0.6) is 0 Å². The first-order chi connectivity index (χ1) is 12.7. The number of para-hydroxylation sites is 1. The molecule has 0 bridgehead atoms. The number of amides is 1. The highest BCUT2D eigenvalue weighted by Crippen LogP contribution is 2.21. The van der Waals surface area contributed by atoms with Gasteiger partial charge in [-0.25, -0.2) is 0 Å². The Morgan fingerprint density at radius 2 is 1.92 bits per heavy atom. The molecular weight excluding hydrogens is 348 g/mol. The maximum absolute atomic E-state index is 12.3. The van der Waals surface area contributed by atoms with Crippen molar-refractivity contribution in [1.29, 1.82) is 5.26 Å². The van der Waals surface area contributed by atoms with E-state index in [4.69, 9.17) is 11.6 Å². The zero-order valence-electron chi connectivity index (χ0n) is 13.8. The summed E-state index contributed by atoms with van der Waals surface area (Å²) in [6.45, 7) is 0.613. The summed E-state index contributed by atoms with van der Waals surface area (Å²) in [6.07, 6.45) is 4.90.